The van der Waals surface area contributed by atoms with E-state index in [-0.39, 0.29) is 12.1 Å². The Morgan fingerprint density at radius 2 is 1.76 bits per heavy atom. The second-order valence-electron chi connectivity index (χ2n) is 4.49. The Balaban J connectivity index is 2.36. The van der Waals surface area contributed by atoms with E-state index in [9.17, 15) is 27.2 Å². The van der Waals surface area contributed by atoms with Gasteiger partial charge in [-0.3, -0.25) is 4.79 Å². The number of allylic oxidation sites excluding steroid dienone is 1. The molecule has 1 aromatic rings. The lowest BCUT2D eigenvalue weighted by molar-refractivity contribution is -0.133. The Hall–Kier alpha value is -2.38. The van der Waals surface area contributed by atoms with Crippen molar-refractivity contribution in [3.63, 3.8) is 0 Å². The number of carbonyl (C=O) groups is 2. The highest BCUT2D eigenvalue weighted by Gasteiger charge is 2.26. The average molecular weight is 303 g/mol. The van der Waals surface area contributed by atoms with Crippen molar-refractivity contribution in [3.05, 3.63) is 46.7 Å². The number of carbonyl (C=O) groups excluding carboxylic acids is 1. The van der Waals surface area contributed by atoms with Crippen LogP contribution in [0, 0.1) is 23.3 Å². The largest absolute Gasteiger partial charge is 0.477 e. The van der Waals surface area contributed by atoms with Crippen LogP contribution in [0.2, 0.25) is 0 Å². The number of rotatable bonds is 5. The third-order valence-corrected chi connectivity index (χ3v) is 2.81. The van der Waals surface area contributed by atoms with Gasteiger partial charge in [-0.1, -0.05) is 0 Å². The molecule has 4 nitrogen and oxygen atoms in total. The third-order valence-electron chi connectivity index (χ3n) is 2.81. The van der Waals surface area contributed by atoms with Crippen LogP contribution in [0.25, 0.3) is 0 Å². The fourth-order valence-corrected chi connectivity index (χ4v) is 1.57. The number of nitrogens with one attached hydrogen (secondary N) is 1. The first-order valence-electron chi connectivity index (χ1n) is 5.90. The van der Waals surface area contributed by atoms with Crippen LogP contribution in [0.15, 0.2) is 17.8 Å². The van der Waals surface area contributed by atoms with Crippen LogP contribution in [-0.4, -0.2) is 22.9 Å². The number of halogens is 4. The molecular formula is C13H9F4NO3. The molecule has 0 spiro atoms. The fraction of sp³-hybridized carbons (Fsp3) is 0.231. The summed E-state index contributed by atoms with van der Waals surface area (Å²) < 4.78 is 52.2. The summed E-state index contributed by atoms with van der Waals surface area (Å²) in [6, 6.07) is 0.0788. The molecule has 0 unspecified atom stereocenters. The summed E-state index contributed by atoms with van der Waals surface area (Å²) in [5.41, 5.74) is -1.60. The van der Waals surface area contributed by atoms with Crippen LogP contribution < -0.4 is 5.32 Å². The monoisotopic (exact) mass is 303 g/mol. The summed E-state index contributed by atoms with van der Waals surface area (Å²) in [7, 11) is 0. The summed E-state index contributed by atoms with van der Waals surface area (Å²) in [6.45, 7) is 0. The topological polar surface area (TPSA) is 66.4 Å². The molecule has 0 amide bonds. The predicted molar refractivity (Wildman–Crippen MR) is 62.5 cm³/mol. The van der Waals surface area contributed by atoms with Gasteiger partial charge in [-0.2, -0.15) is 0 Å². The highest BCUT2D eigenvalue weighted by molar-refractivity contribution is 6.08. The van der Waals surface area contributed by atoms with Crippen LogP contribution in [-0.2, 0) is 4.79 Å². The number of hydrogen-bond donors (Lipinski definition) is 2. The number of benzene rings is 1. The van der Waals surface area contributed by atoms with Crippen LogP contribution in [0.3, 0.4) is 0 Å². The molecular weight excluding hydrogens is 294 g/mol. The van der Waals surface area contributed by atoms with Crippen molar-refractivity contribution < 1.29 is 32.3 Å². The lowest BCUT2D eigenvalue weighted by Crippen LogP contribution is -2.23. The fourth-order valence-electron chi connectivity index (χ4n) is 1.57. The minimum atomic E-state index is -2.13. The van der Waals surface area contributed by atoms with E-state index in [0.29, 0.717) is 18.9 Å². The molecule has 1 aromatic carbocycles. The van der Waals surface area contributed by atoms with E-state index in [0.717, 1.165) is 0 Å². The minimum absolute atomic E-state index is 0.105. The van der Waals surface area contributed by atoms with Crippen molar-refractivity contribution in [1.29, 1.82) is 0 Å². The summed E-state index contributed by atoms with van der Waals surface area (Å²) in [4.78, 5) is 22.6. The van der Waals surface area contributed by atoms with E-state index in [1.54, 1.807) is 0 Å². The first-order chi connectivity index (χ1) is 9.81. The number of carboxylic acids is 1. The molecule has 2 rings (SSSR count). The van der Waals surface area contributed by atoms with Crippen LogP contribution in [0.5, 0.6) is 0 Å². The van der Waals surface area contributed by atoms with E-state index in [1.807, 2.05) is 0 Å². The van der Waals surface area contributed by atoms with Crippen molar-refractivity contribution in [2.24, 2.45) is 0 Å². The first kappa shape index (κ1) is 15.0. The minimum Gasteiger partial charge on any atom is -0.477 e. The van der Waals surface area contributed by atoms with Gasteiger partial charge in [-0.05, 0) is 18.9 Å². The molecule has 2 N–H and O–H groups in total. The van der Waals surface area contributed by atoms with Crippen molar-refractivity contribution in [3.8, 4) is 0 Å². The number of aliphatic carboxylic acids is 1. The van der Waals surface area contributed by atoms with Crippen molar-refractivity contribution >= 4 is 11.8 Å². The van der Waals surface area contributed by atoms with E-state index in [1.165, 1.54) is 0 Å². The predicted octanol–water partition coefficient (Wildman–Crippen LogP) is 2.15. The summed E-state index contributed by atoms with van der Waals surface area (Å²) in [5, 5.41) is 11.4. The van der Waals surface area contributed by atoms with Gasteiger partial charge in [0.1, 0.15) is 5.70 Å². The molecule has 0 heterocycles. The van der Waals surface area contributed by atoms with Crippen LogP contribution in [0.4, 0.5) is 17.6 Å². The molecule has 1 saturated carbocycles. The maximum absolute atomic E-state index is 13.4. The lowest BCUT2D eigenvalue weighted by Gasteiger charge is -2.06. The Morgan fingerprint density at radius 3 is 2.29 bits per heavy atom. The molecule has 1 aliphatic rings. The Kier molecular flexibility index (Phi) is 3.97. The smallest absolute Gasteiger partial charge is 0.352 e. The molecule has 0 aliphatic heterocycles. The van der Waals surface area contributed by atoms with Gasteiger partial charge in [0.15, 0.2) is 29.1 Å². The van der Waals surface area contributed by atoms with Crippen molar-refractivity contribution in [2.75, 3.05) is 0 Å². The zero-order chi connectivity index (χ0) is 15.7. The lowest BCUT2D eigenvalue weighted by atomic mass is 10.1. The quantitative estimate of drug-likeness (QED) is 0.287. The summed E-state index contributed by atoms with van der Waals surface area (Å²) in [6.07, 6.45) is 1.94. The molecule has 112 valence electrons. The van der Waals surface area contributed by atoms with Gasteiger partial charge in [-0.15, -0.1) is 0 Å². The molecule has 0 bridgehead atoms. The normalized spacial score (nSPS) is 15.0. The molecule has 0 radical (unpaired) electrons. The maximum atomic E-state index is 13.4. The number of carboxylic acid groups (broad SMARTS) is 1. The van der Waals surface area contributed by atoms with Crippen LogP contribution >= 0.6 is 0 Å². The van der Waals surface area contributed by atoms with Gasteiger partial charge in [0.25, 0.3) is 0 Å². The molecule has 8 heteroatoms. The van der Waals surface area contributed by atoms with Gasteiger partial charge in [0.05, 0.1) is 5.56 Å². The molecule has 0 saturated heterocycles. The van der Waals surface area contributed by atoms with E-state index < -0.39 is 46.3 Å². The second-order valence-corrected chi connectivity index (χ2v) is 4.49. The molecule has 21 heavy (non-hydrogen) atoms. The summed E-state index contributed by atoms with van der Waals surface area (Å²) in [5.74, 6) is -10.5. The highest BCUT2D eigenvalue weighted by atomic mass is 19.2. The Morgan fingerprint density at radius 1 is 1.14 bits per heavy atom. The third kappa shape index (κ3) is 3.21. The average Bonchev–Trinajstić information content (AvgIpc) is 3.23. The number of ketones is 1. The summed E-state index contributed by atoms with van der Waals surface area (Å²) >= 11 is 0. The van der Waals surface area contributed by atoms with Crippen molar-refractivity contribution in [1.82, 2.24) is 5.32 Å². The number of hydrogen-bond acceptors (Lipinski definition) is 3. The highest BCUT2D eigenvalue weighted by Crippen LogP contribution is 2.22. The van der Waals surface area contributed by atoms with Gasteiger partial charge >= 0.3 is 5.97 Å². The van der Waals surface area contributed by atoms with Gasteiger partial charge in [0, 0.05) is 12.1 Å². The zero-order valence-corrected chi connectivity index (χ0v) is 10.4. The van der Waals surface area contributed by atoms with Crippen molar-refractivity contribution in [2.45, 2.75) is 18.9 Å². The van der Waals surface area contributed by atoms with E-state index >= 15 is 0 Å². The second kappa shape index (κ2) is 5.55. The first-order valence-corrected chi connectivity index (χ1v) is 5.90. The Labute approximate surface area is 116 Å². The van der Waals surface area contributed by atoms with E-state index in [2.05, 4.69) is 5.32 Å². The molecule has 1 aliphatic carbocycles. The molecule has 0 aromatic heterocycles. The van der Waals surface area contributed by atoms with E-state index in [4.69, 9.17) is 5.11 Å². The van der Waals surface area contributed by atoms with Gasteiger partial charge < -0.3 is 10.4 Å². The standard InChI is InChI=1S/C13H9F4NO3/c14-7-3-6(10(15)12(17)11(7)16)9(19)4-8(13(20)21)18-5-1-2-5/h3-5,18H,1-2H2,(H,20,21). The maximum Gasteiger partial charge on any atom is 0.352 e. The van der Waals surface area contributed by atoms with Gasteiger partial charge in [-0.25, -0.2) is 22.4 Å². The Bertz CT molecular complexity index is 653. The molecule has 0 atom stereocenters. The van der Waals surface area contributed by atoms with Gasteiger partial charge in [0.2, 0.25) is 0 Å². The molecule has 1 fully saturated rings. The van der Waals surface area contributed by atoms with Crippen LogP contribution in [0.1, 0.15) is 23.2 Å². The zero-order valence-electron chi connectivity index (χ0n) is 10.4. The SMILES string of the molecule is O=C(O)C(=CC(=O)c1cc(F)c(F)c(F)c1F)NC1CC1.